The molecule has 0 fully saturated rings. The first-order valence-corrected chi connectivity index (χ1v) is 6.77. The summed E-state index contributed by atoms with van der Waals surface area (Å²) in [6.45, 7) is 0. The number of benzene rings is 2. The van der Waals surface area contributed by atoms with Crippen LogP contribution in [0.2, 0.25) is 0 Å². The van der Waals surface area contributed by atoms with Gasteiger partial charge < -0.3 is 10.5 Å². The van der Waals surface area contributed by atoms with Gasteiger partial charge in [0, 0.05) is 12.0 Å². The van der Waals surface area contributed by atoms with Crippen molar-refractivity contribution in [1.29, 1.82) is 0 Å². The minimum Gasteiger partial charge on any atom is -0.496 e. The Kier molecular flexibility index (Phi) is 3.26. The number of para-hydroxylation sites is 1. The average molecular weight is 253 g/mol. The molecule has 0 spiro atoms. The van der Waals surface area contributed by atoms with E-state index in [1.807, 2.05) is 12.1 Å². The van der Waals surface area contributed by atoms with Crippen LogP contribution < -0.4 is 10.5 Å². The van der Waals surface area contributed by atoms with Gasteiger partial charge in [-0.25, -0.2) is 0 Å². The number of hydrogen-bond acceptors (Lipinski definition) is 2. The second kappa shape index (κ2) is 5.06. The zero-order valence-electron chi connectivity index (χ0n) is 11.2. The van der Waals surface area contributed by atoms with Gasteiger partial charge in [0.1, 0.15) is 5.75 Å². The summed E-state index contributed by atoms with van der Waals surface area (Å²) in [5, 5.41) is 0. The molecule has 0 aromatic heterocycles. The van der Waals surface area contributed by atoms with E-state index < -0.39 is 0 Å². The quantitative estimate of drug-likeness (QED) is 0.890. The van der Waals surface area contributed by atoms with E-state index in [0.717, 1.165) is 18.6 Å². The summed E-state index contributed by atoms with van der Waals surface area (Å²) in [7, 11) is 1.72. The van der Waals surface area contributed by atoms with Crippen molar-refractivity contribution >= 4 is 0 Å². The van der Waals surface area contributed by atoms with Crippen molar-refractivity contribution in [2.24, 2.45) is 5.73 Å². The molecule has 1 aliphatic carbocycles. The van der Waals surface area contributed by atoms with Crippen LogP contribution in [-0.4, -0.2) is 7.11 Å². The first kappa shape index (κ1) is 12.2. The van der Waals surface area contributed by atoms with Gasteiger partial charge in [0.25, 0.3) is 0 Å². The zero-order valence-corrected chi connectivity index (χ0v) is 11.2. The molecule has 2 heteroatoms. The Bertz CT molecular complexity index is 579. The minimum absolute atomic E-state index is 0.0567. The lowest BCUT2D eigenvalue weighted by atomic mass is 9.76. The summed E-state index contributed by atoms with van der Waals surface area (Å²) in [5.74, 6) is 1.29. The Morgan fingerprint density at radius 3 is 2.47 bits per heavy atom. The predicted molar refractivity (Wildman–Crippen MR) is 77.4 cm³/mol. The van der Waals surface area contributed by atoms with Crippen LogP contribution in [0.3, 0.4) is 0 Å². The SMILES string of the molecule is COc1ccccc1C1CCc2ccccc2C1N. The number of ether oxygens (including phenoxy) is 1. The third-order valence-electron chi connectivity index (χ3n) is 4.11. The molecule has 0 bridgehead atoms. The van der Waals surface area contributed by atoms with E-state index >= 15 is 0 Å². The molecule has 0 amide bonds. The number of methoxy groups -OCH3 is 1. The highest BCUT2D eigenvalue weighted by Gasteiger charge is 2.29. The second-order valence-corrected chi connectivity index (χ2v) is 5.11. The number of fused-ring (bicyclic) bond motifs is 1. The molecule has 19 heavy (non-hydrogen) atoms. The lowest BCUT2D eigenvalue weighted by Gasteiger charge is -2.32. The summed E-state index contributed by atoms with van der Waals surface area (Å²) < 4.78 is 5.48. The number of hydrogen-bond donors (Lipinski definition) is 1. The molecule has 0 saturated carbocycles. The van der Waals surface area contributed by atoms with Crippen LogP contribution in [0.25, 0.3) is 0 Å². The van der Waals surface area contributed by atoms with Crippen LogP contribution in [0, 0.1) is 0 Å². The van der Waals surface area contributed by atoms with Gasteiger partial charge >= 0.3 is 0 Å². The normalized spacial score (nSPS) is 21.8. The molecule has 3 rings (SSSR count). The molecule has 1 aliphatic rings. The fraction of sp³-hybridized carbons (Fsp3) is 0.294. The monoisotopic (exact) mass is 253 g/mol. The van der Waals surface area contributed by atoms with Crippen LogP contribution in [0.15, 0.2) is 48.5 Å². The fourth-order valence-corrected chi connectivity index (χ4v) is 3.12. The molecule has 98 valence electrons. The van der Waals surface area contributed by atoms with Crippen LogP contribution in [-0.2, 0) is 6.42 Å². The van der Waals surface area contributed by atoms with Gasteiger partial charge in [-0.15, -0.1) is 0 Å². The minimum atomic E-state index is 0.0567. The van der Waals surface area contributed by atoms with Crippen molar-refractivity contribution in [3.05, 3.63) is 65.2 Å². The van der Waals surface area contributed by atoms with Crippen molar-refractivity contribution in [2.75, 3.05) is 7.11 Å². The third-order valence-corrected chi connectivity index (χ3v) is 4.11. The molecule has 2 atom stereocenters. The van der Waals surface area contributed by atoms with E-state index in [-0.39, 0.29) is 6.04 Å². The van der Waals surface area contributed by atoms with Gasteiger partial charge in [0.15, 0.2) is 0 Å². The maximum atomic E-state index is 6.49. The molecule has 2 aromatic carbocycles. The number of nitrogens with two attached hydrogens (primary N) is 1. The van der Waals surface area contributed by atoms with E-state index in [1.165, 1.54) is 16.7 Å². The van der Waals surface area contributed by atoms with Gasteiger partial charge in [-0.1, -0.05) is 42.5 Å². The van der Waals surface area contributed by atoms with E-state index in [4.69, 9.17) is 10.5 Å². The van der Waals surface area contributed by atoms with Crippen molar-refractivity contribution in [1.82, 2.24) is 0 Å². The first-order chi connectivity index (χ1) is 9.31. The Balaban J connectivity index is 2.00. The number of aryl methyl sites for hydroxylation is 1. The molecule has 2 N–H and O–H groups in total. The van der Waals surface area contributed by atoms with Gasteiger partial charge in [0.05, 0.1) is 7.11 Å². The largest absolute Gasteiger partial charge is 0.496 e. The van der Waals surface area contributed by atoms with Gasteiger partial charge in [-0.3, -0.25) is 0 Å². The number of rotatable bonds is 2. The summed E-state index contributed by atoms with van der Waals surface area (Å²) in [4.78, 5) is 0. The molecular weight excluding hydrogens is 234 g/mol. The molecule has 2 nitrogen and oxygen atoms in total. The van der Waals surface area contributed by atoms with E-state index in [0.29, 0.717) is 5.92 Å². The Labute approximate surface area is 114 Å². The van der Waals surface area contributed by atoms with E-state index in [2.05, 4.69) is 36.4 Å². The van der Waals surface area contributed by atoms with Gasteiger partial charge in [-0.05, 0) is 35.6 Å². The van der Waals surface area contributed by atoms with E-state index in [1.54, 1.807) is 7.11 Å². The summed E-state index contributed by atoms with van der Waals surface area (Å²) in [5.41, 5.74) is 10.4. The molecule has 0 saturated heterocycles. The highest BCUT2D eigenvalue weighted by atomic mass is 16.5. The molecule has 2 unspecified atom stereocenters. The summed E-state index contributed by atoms with van der Waals surface area (Å²) in [6.07, 6.45) is 2.17. The van der Waals surface area contributed by atoms with Crippen molar-refractivity contribution < 1.29 is 4.74 Å². The molecule has 0 heterocycles. The summed E-state index contributed by atoms with van der Waals surface area (Å²) >= 11 is 0. The maximum Gasteiger partial charge on any atom is 0.122 e. The van der Waals surface area contributed by atoms with E-state index in [9.17, 15) is 0 Å². The van der Waals surface area contributed by atoms with Crippen molar-refractivity contribution in [2.45, 2.75) is 24.8 Å². The van der Waals surface area contributed by atoms with Crippen LogP contribution in [0.1, 0.15) is 35.1 Å². The third kappa shape index (κ3) is 2.13. The topological polar surface area (TPSA) is 35.2 Å². The molecule has 0 radical (unpaired) electrons. The highest BCUT2D eigenvalue weighted by molar-refractivity contribution is 5.42. The van der Waals surface area contributed by atoms with Gasteiger partial charge in [0.2, 0.25) is 0 Å². The predicted octanol–water partition coefficient (Wildman–Crippen LogP) is 3.43. The fourth-order valence-electron chi connectivity index (χ4n) is 3.12. The Hall–Kier alpha value is -1.80. The zero-order chi connectivity index (χ0) is 13.2. The van der Waals surface area contributed by atoms with Crippen molar-refractivity contribution in [3.63, 3.8) is 0 Å². The van der Waals surface area contributed by atoms with Crippen molar-refractivity contribution in [3.8, 4) is 5.75 Å². The average Bonchev–Trinajstić information content (AvgIpc) is 2.48. The summed E-state index contributed by atoms with van der Waals surface area (Å²) in [6, 6.07) is 16.8. The second-order valence-electron chi connectivity index (χ2n) is 5.11. The lowest BCUT2D eigenvalue weighted by molar-refractivity contribution is 0.393. The smallest absolute Gasteiger partial charge is 0.122 e. The first-order valence-electron chi connectivity index (χ1n) is 6.77. The van der Waals surface area contributed by atoms with Crippen LogP contribution >= 0.6 is 0 Å². The Morgan fingerprint density at radius 2 is 1.68 bits per heavy atom. The standard InChI is InChI=1S/C17H19NO/c1-19-16-9-5-4-8-14(16)15-11-10-12-6-2-3-7-13(12)17(15)18/h2-9,15,17H,10-11,18H2,1H3. The Morgan fingerprint density at radius 1 is 1.00 bits per heavy atom. The lowest BCUT2D eigenvalue weighted by Crippen LogP contribution is -2.26. The van der Waals surface area contributed by atoms with Crippen LogP contribution in [0.4, 0.5) is 0 Å². The molecule has 0 aliphatic heterocycles. The highest BCUT2D eigenvalue weighted by Crippen LogP contribution is 2.42. The van der Waals surface area contributed by atoms with Gasteiger partial charge in [-0.2, -0.15) is 0 Å². The molecular formula is C17H19NO. The maximum absolute atomic E-state index is 6.49. The van der Waals surface area contributed by atoms with Crippen LogP contribution in [0.5, 0.6) is 5.75 Å². The molecule has 2 aromatic rings.